The first-order chi connectivity index (χ1) is 11.2. The molecule has 0 spiro atoms. The quantitative estimate of drug-likeness (QED) is 0.597. The Labute approximate surface area is 137 Å². The van der Waals surface area contributed by atoms with Crippen molar-refractivity contribution in [3.8, 4) is 0 Å². The summed E-state index contributed by atoms with van der Waals surface area (Å²) < 4.78 is 9.68. The van der Waals surface area contributed by atoms with Crippen molar-refractivity contribution in [3.05, 3.63) is 12.3 Å². The number of methoxy groups -OCH3 is 1. The molecule has 1 aromatic heterocycles. The monoisotopic (exact) mass is 325 g/mol. The summed E-state index contributed by atoms with van der Waals surface area (Å²) in [5.74, 6) is 0.0768. The summed E-state index contributed by atoms with van der Waals surface area (Å²) in [6.45, 7) is 3.22. The topological polar surface area (TPSA) is 84.7 Å². The fourth-order valence-electron chi connectivity index (χ4n) is 2.19. The van der Waals surface area contributed by atoms with Crippen LogP contribution < -0.4 is 5.32 Å². The first kappa shape index (κ1) is 19.2. The third-order valence-electron chi connectivity index (χ3n) is 3.41. The van der Waals surface area contributed by atoms with Crippen molar-refractivity contribution in [2.45, 2.75) is 45.4 Å². The molecular weight excluding hydrogens is 298 g/mol. The van der Waals surface area contributed by atoms with Crippen molar-refractivity contribution < 1.29 is 18.8 Å². The van der Waals surface area contributed by atoms with Crippen LogP contribution in [0.5, 0.6) is 0 Å². The Morgan fingerprint density at radius 1 is 1.30 bits per heavy atom. The van der Waals surface area contributed by atoms with Gasteiger partial charge in [-0.2, -0.15) is 0 Å². The van der Waals surface area contributed by atoms with E-state index in [4.69, 9.17) is 4.74 Å². The molecule has 0 saturated carbocycles. The Hall–Kier alpha value is -1.89. The van der Waals surface area contributed by atoms with Gasteiger partial charge in [-0.25, -0.2) is 0 Å². The third-order valence-corrected chi connectivity index (χ3v) is 3.41. The molecule has 0 aliphatic heterocycles. The highest BCUT2D eigenvalue weighted by atomic mass is 16.5. The van der Waals surface area contributed by atoms with Crippen LogP contribution in [0.3, 0.4) is 0 Å². The first-order valence-corrected chi connectivity index (χ1v) is 8.14. The predicted octanol–water partition coefficient (Wildman–Crippen LogP) is 2.45. The Bertz CT molecular complexity index is 448. The highest BCUT2D eigenvalue weighted by molar-refractivity contribution is 5.93. The largest absolute Gasteiger partial charge is 0.385 e. The summed E-state index contributed by atoms with van der Waals surface area (Å²) in [7, 11) is 1.62. The van der Waals surface area contributed by atoms with E-state index in [9.17, 15) is 9.59 Å². The highest BCUT2D eigenvalue weighted by Gasteiger charge is 2.17. The second-order valence-corrected chi connectivity index (χ2v) is 5.41. The molecule has 0 aliphatic carbocycles. The van der Waals surface area contributed by atoms with E-state index in [1.807, 2.05) is 0 Å². The van der Waals surface area contributed by atoms with Crippen molar-refractivity contribution in [2.24, 2.45) is 0 Å². The minimum atomic E-state index is -0.279. The number of hydrogen-bond acceptors (Lipinski definition) is 5. The molecule has 0 unspecified atom stereocenters. The Balaban J connectivity index is 2.45. The lowest BCUT2D eigenvalue weighted by Crippen LogP contribution is -2.39. The number of rotatable bonds is 12. The summed E-state index contributed by atoms with van der Waals surface area (Å²) in [6.07, 6.45) is 6.72. The lowest BCUT2D eigenvalue weighted by Gasteiger charge is -2.22. The van der Waals surface area contributed by atoms with E-state index in [2.05, 4.69) is 21.9 Å². The molecule has 130 valence electrons. The maximum atomic E-state index is 12.3. The van der Waals surface area contributed by atoms with E-state index in [1.54, 1.807) is 18.1 Å². The number of unbranched alkanes of at least 4 members (excludes halogenated alkanes) is 3. The zero-order valence-corrected chi connectivity index (χ0v) is 14.0. The number of nitrogens with zero attached hydrogens (tertiary/aromatic N) is 2. The smallest absolute Gasteiger partial charge is 0.245 e. The second-order valence-electron chi connectivity index (χ2n) is 5.41. The fourth-order valence-corrected chi connectivity index (χ4v) is 2.19. The molecule has 0 aliphatic rings. The number of nitrogens with one attached hydrogen (secondary N) is 1. The highest BCUT2D eigenvalue weighted by Crippen LogP contribution is 2.07. The molecule has 0 saturated heterocycles. The molecule has 23 heavy (non-hydrogen) atoms. The minimum absolute atomic E-state index is 0.00695. The van der Waals surface area contributed by atoms with Crippen LogP contribution in [0.15, 0.2) is 16.9 Å². The molecule has 7 heteroatoms. The molecule has 0 radical (unpaired) electrons. The standard InChI is InChI=1S/C16H27N3O4/c1-3-4-5-6-8-16(21)19(10-7-11-22-2)13-15(20)17-14-9-12-23-18-14/h9,12H,3-8,10-11,13H2,1-2H3,(H,17,18,20). The fraction of sp³-hybridized carbons (Fsp3) is 0.688. The van der Waals surface area contributed by atoms with Crippen molar-refractivity contribution in [2.75, 3.05) is 32.1 Å². The van der Waals surface area contributed by atoms with Gasteiger partial charge in [0.25, 0.3) is 0 Å². The van der Waals surface area contributed by atoms with Gasteiger partial charge in [0.15, 0.2) is 5.82 Å². The molecule has 1 aromatic rings. The van der Waals surface area contributed by atoms with E-state index in [1.165, 1.54) is 6.26 Å². The van der Waals surface area contributed by atoms with Crippen LogP contribution in [0.25, 0.3) is 0 Å². The van der Waals surface area contributed by atoms with Gasteiger partial charge in [0.2, 0.25) is 11.8 Å². The summed E-state index contributed by atoms with van der Waals surface area (Å²) in [4.78, 5) is 25.9. The lowest BCUT2D eigenvalue weighted by molar-refractivity contribution is -0.135. The molecule has 1 N–H and O–H groups in total. The summed E-state index contributed by atoms with van der Waals surface area (Å²) >= 11 is 0. The number of ether oxygens (including phenoxy) is 1. The van der Waals surface area contributed by atoms with Gasteiger partial charge in [0.05, 0.1) is 6.54 Å². The molecular formula is C16H27N3O4. The van der Waals surface area contributed by atoms with Crippen LogP contribution in [0.2, 0.25) is 0 Å². The van der Waals surface area contributed by atoms with Crippen LogP contribution >= 0.6 is 0 Å². The SMILES string of the molecule is CCCCCCC(=O)N(CCCOC)CC(=O)Nc1ccon1. The van der Waals surface area contributed by atoms with Gasteiger partial charge in [-0.1, -0.05) is 31.3 Å². The molecule has 7 nitrogen and oxygen atoms in total. The zero-order valence-electron chi connectivity index (χ0n) is 14.0. The zero-order chi connectivity index (χ0) is 16.9. The van der Waals surface area contributed by atoms with Gasteiger partial charge in [0.1, 0.15) is 6.26 Å². The number of carbonyl (C=O) groups excluding carboxylic acids is 2. The van der Waals surface area contributed by atoms with Crippen molar-refractivity contribution >= 4 is 17.6 Å². The Kier molecular flexibility index (Phi) is 9.70. The van der Waals surface area contributed by atoms with Crippen molar-refractivity contribution in [1.29, 1.82) is 0 Å². The first-order valence-electron chi connectivity index (χ1n) is 8.14. The van der Waals surface area contributed by atoms with Crippen LogP contribution in [0.4, 0.5) is 5.82 Å². The third kappa shape index (κ3) is 8.35. The number of hydrogen-bond donors (Lipinski definition) is 1. The van der Waals surface area contributed by atoms with Gasteiger partial charge in [-0.15, -0.1) is 0 Å². The Morgan fingerprint density at radius 3 is 2.78 bits per heavy atom. The van der Waals surface area contributed by atoms with Crippen LogP contribution in [0.1, 0.15) is 45.4 Å². The van der Waals surface area contributed by atoms with Gasteiger partial charge < -0.3 is 19.5 Å². The van der Waals surface area contributed by atoms with Crippen LogP contribution in [0, 0.1) is 0 Å². The lowest BCUT2D eigenvalue weighted by atomic mass is 10.1. The Morgan fingerprint density at radius 2 is 2.13 bits per heavy atom. The van der Waals surface area contributed by atoms with Crippen molar-refractivity contribution in [3.63, 3.8) is 0 Å². The molecule has 0 aromatic carbocycles. The second kappa shape index (κ2) is 11.6. The predicted molar refractivity (Wildman–Crippen MR) is 87.0 cm³/mol. The van der Waals surface area contributed by atoms with Gasteiger partial charge in [-0.3, -0.25) is 9.59 Å². The van der Waals surface area contributed by atoms with Gasteiger partial charge >= 0.3 is 0 Å². The average Bonchev–Trinajstić information content (AvgIpc) is 3.03. The van der Waals surface area contributed by atoms with E-state index in [0.717, 1.165) is 25.7 Å². The maximum Gasteiger partial charge on any atom is 0.245 e. The van der Waals surface area contributed by atoms with Gasteiger partial charge in [0, 0.05) is 32.7 Å². The minimum Gasteiger partial charge on any atom is -0.385 e. The number of carbonyl (C=O) groups is 2. The molecule has 1 rings (SSSR count). The van der Waals surface area contributed by atoms with Crippen molar-refractivity contribution in [1.82, 2.24) is 10.1 Å². The van der Waals surface area contributed by atoms with Crippen LogP contribution in [-0.2, 0) is 14.3 Å². The summed E-state index contributed by atoms with van der Waals surface area (Å²) in [6, 6.07) is 1.56. The molecule has 2 amide bonds. The number of aromatic nitrogens is 1. The molecule has 0 fully saturated rings. The van der Waals surface area contributed by atoms with E-state index < -0.39 is 0 Å². The summed E-state index contributed by atoms with van der Waals surface area (Å²) in [5, 5.41) is 6.23. The summed E-state index contributed by atoms with van der Waals surface area (Å²) in [5.41, 5.74) is 0. The maximum absolute atomic E-state index is 12.3. The molecule has 1 heterocycles. The molecule has 0 atom stereocenters. The average molecular weight is 325 g/mol. The van der Waals surface area contributed by atoms with E-state index in [-0.39, 0.29) is 18.4 Å². The van der Waals surface area contributed by atoms with E-state index >= 15 is 0 Å². The number of anilines is 1. The molecule has 0 bridgehead atoms. The van der Waals surface area contributed by atoms with Crippen LogP contribution in [-0.4, -0.2) is 48.7 Å². The van der Waals surface area contributed by atoms with E-state index in [0.29, 0.717) is 31.8 Å². The van der Waals surface area contributed by atoms with Gasteiger partial charge in [-0.05, 0) is 12.8 Å². The normalized spacial score (nSPS) is 10.5. The number of amides is 2.